The van der Waals surface area contributed by atoms with Crippen LogP contribution in [0.25, 0.3) is 0 Å². The molecule has 0 unspecified atom stereocenters. The molecule has 0 radical (unpaired) electrons. The van der Waals surface area contributed by atoms with Gasteiger partial charge in [-0.1, -0.05) is 0 Å². The number of amides is 1. The molecule has 21 heavy (non-hydrogen) atoms. The van der Waals surface area contributed by atoms with Crippen molar-refractivity contribution in [2.75, 3.05) is 11.1 Å². The maximum absolute atomic E-state index is 12.1. The van der Waals surface area contributed by atoms with E-state index in [1.165, 1.54) is 18.2 Å². The molecule has 1 aromatic heterocycles. The van der Waals surface area contributed by atoms with Crippen LogP contribution in [0.5, 0.6) is 0 Å². The van der Waals surface area contributed by atoms with E-state index in [1.807, 2.05) is 13.8 Å². The van der Waals surface area contributed by atoms with E-state index in [0.717, 1.165) is 0 Å². The lowest BCUT2D eigenvalue weighted by molar-refractivity contribution is -0.383. The van der Waals surface area contributed by atoms with Gasteiger partial charge in [0.15, 0.2) is 0 Å². The topological polar surface area (TPSA) is 116 Å². The van der Waals surface area contributed by atoms with Crippen molar-refractivity contribution in [3.63, 3.8) is 0 Å². The Balaban J connectivity index is 2.23. The number of rotatable bonds is 4. The Morgan fingerprint density at radius 1 is 1.43 bits per heavy atom. The molecule has 8 heteroatoms. The van der Waals surface area contributed by atoms with Crippen LogP contribution in [0.1, 0.15) is 30.2 Å². The molecule has 0 atom stereocenters. The summed E-state index contributed by atoms with van der Waals surface area (Å²) in [5.74, 6) is 0.144. The van der Waals surface area contributed by atoms with Crippen molar-refractivity contribution in [2.45, 2.75) is 19.9 Å². The number of nitrogen functional groups attached to an aromatic ring is 1. The van der Waals surface area contributed by atoms with Crippen molar-refractivity contribution in [3.8, 4) is 0 Å². The average Bonchev–Trinajstić information content (AvgIpc) is 2.86. The van der Waals surface area contributed by atoms with E-state index in [0.29, 0.717) is 5.82 Å². The van der Waals surface area contributed by atoms with E-state index < -0.39 is 10.8 Å². The first-order valence-electron chi connectivity index (χ1n) is 6.29. The van der Waals surface area contributed by atoms with Crippen LogP contribution in [-0.2, 0) is 0 Å². The molecule has 8 nitrogen and oxygen atoms in total. The zero-order valence-corrected chi connectivity index (χ0v) is 11.6. The molecule has 110 valence electrons. The normalized spacial score (nSPS) is 10.6. The Hall–Kier alpha value is -2.90. The number of nitro groups is 1. The molecule has 1 heterocycles. The quantitative estimate of drug-likeness (QED) is 0.508. The van der Waals surface area contributed by atoms with Gasteiger partial charge in [0.2, 0.25) is 0 Å². The molecule has 3 N–H and O–H groups in total. The predicted octanol–water partition coefficient (Wildman–Crippen LogP) is 2.21. The van der Waals surface area contributed by atoms with E-state index >= 15 is 0 Å². The van der Waals surface area contributed by atoms with E-state index in [2.05, 4.69) is 10.4 Å². The van der Waals surface area contributed by atoms with Crippen molar-refractivity contribution < 1.29 is 9.72 Å². The summed E-state index contributed by atoms with van der Waals surface area (Å²) in [4.78, 5) is 22.2. The first-order valence-corrected chi connectivity index (χ1v) is 6.29. The Labute approximate surface area is 120 Å². The number of nitrogens with zero attached hydrogens (tertiary/aromatic N) is 3. The number of hydrogen-bond donors (Lipinski definition) is 2. The lowest BCUT2D eigenvalue weighted by atomic mass is 10.1. The number of nitro benzene ring substituents is 1. The third-order valence-corrected chi connectivity index (χ3v) is 2.89. The predicted molar refractivity (Wildman–Crippen MR) is 78.1 cm³/mol. The number of nitrogens with one attached hydrogen (secondary N) is 1. The van der Waals surface area contributed by atoms with Gasteiger partial charge in [-0.15, -0.1) is 0 Å². The molecule has 2 aromatic rings. The van der Waals surface area contributed by atoms with Gasteiger partial charge in [0.25, 0.3) is 11.6 Å². The number of carbonyl (C=O) groups is 1. The highest BCUT2D eigenvalue weighted by Crippen LogP contribution is 2.23. The molecule has 0 bridgehead atoms. The molecule has 0 saturated heterocycles. The molecule has 1 aromatic carbocycles. The molecule has 0 fully saturated rings. The molecule has 0 aliphatic heterocycles. The van der Waals surface area contributed by atoms with Crippen LogP contribution in [0, 0.1) is 10.1 Å². The Kier molecular flexibility index (Phi) is 3.88. The molecule has 0 aliphatic carbocycles. The lowest BCUT2D eigenvalue weighted by Gasteiger charge is -2.11. The Morgan fingerprint density at radius 2 is 2.14 bits per heavy atom. The van der Waals surface area contributed by atoms with Gasteiger partial charge in [-0.3, -0.25) is 14.9 Å². The van der Waals surface area contributed by atoms with Crippen molar-refractivity contribution in [1.29, 1.82) is 0 Å². The van der Waals surface area contributed by atoms with Gasteiger partial charge in [-0.05, 0) is 26.0 Å². The number of anilines is 2. The van der Waals surface area contributed by atoms with Crippen LogP contribution < -0.4 is 11.1 Å². The largest absolute Gasteiger partial charge is 0.393 e. The van der Waals surface area contributed by atoms with Gasteiger partial charge in [-0.2, -0.15) is 5.10 Å². The van der Waals surface area contributed by atoms with Crippen LogP contribution in [0.15, 0.2) is 30.5 Å². The number of carbonyl (C=O) groups excluding carboxylic acids is 1. The van der Waals surface area contributed by atoms with Crippen molar-refractivity contribution in [3.05, 3.63) is 46.1 Å². The summed E-state index contributed by atoms with van der Waals surface area (Å²) in [5.41, 5.74) is 5.54. The van der Waals surface area contributed by atoms with Gasteiger partial charge in [0.05, 0.1) is 11.1 Å². The first kappa shape index (κ1) is 14.5. The number of nitrogens with two attached hydrogens (primary N) is 1. The first-order chi connectivity index (χ1) is 9.90. The zero-order chi connectivity index (χ0) is 15.6. The second kappa shape index (κ2) is 5.61. The number of hydrogen-bond acceptors (Lipinski definition) is 5. The lowest BCUT2D eigenvalue weighted by Crippen LogP contribution is -2.17. The minimum Gasteiger partial charge on any atom is -0.393 e. The third-order valence-electron chi connectivity index (χ3n) is 2.89. The van der Waals surface area contributed by atoms with Gasteiger partial charge in [0, 0.05) is 23.7 Å². The standard InChI is InChI=1S/C13H15N5O3/c1-8(2)17-12(5-6-15-17)16-13(19)9-3-4-11(18(20)21)10(14)7-9/h3-8H,14H2,1-2H3,(H,16,19). The summed E-state index contributed by atoms with van der Waals surface area (Å²) >= 11 is 0. The fraction of sp³-hybridized carbons (Fsp3) is 0.231. The van der Waals surface area contributed by atoms with E-state index in [1.54, 1.807) is 16.9 Å². The Bertz CT molecular complexity index is 693. The molecule has 0 spiro atoms. The monoisotopic (exact) mass is 289 g/mol. The maximum atomic E-state index is 12.1. The van der Waals surface area contributed by atoms with E-state index in [9.17, 15) is 14.9 Å². The summed E-state index contributed by atoms with van der Waals surface area (Å²) in [7, 11) is 0. The fourth-order valence-corrected chi connectivity index (χ4v) is 1.88. The van der Waals surface area contributed by atoms with Crippen LogP contribution in [-0.4, -0.2) is 20.6 Å². The fourth-order valence-electron chi connectivity index (χ4n) is 1.88. The molecular formula is C13H15N5O3. The molecule has 0 aliphatic rings. The van der Waals surface area contributed by atoms with Gasteiger partial charge < -0.3 is 11.1 Å². The van der Waals surface area contributed by atoms with Gasteiger partial charge >= 0.3 is 0 Å². The van der Waals surface area contributed by atoms with Gasteiger partial charge in [0.1, 0.15) is 11.5 Å². The summed E-state index contributed by atoms with van der Waals surface area (Å²) in [5, 5.41) is 17.5. The zero-order valence-electron chi connectivity index (χ0n) is 11.6. The molecular weight excluding hydrogens is 274 g/mol. The van der Waals surface area contributed by atoms with Crippen LogP contribution in [0.2, 0.25) is 0 Å². The van der Waals surface area contributed by atoms with Gasteiger partial charge in [-0.25, -0.2) is 4.68 Å². The highest BCUT2D eigenvalue weighted by molar-refractivity contribution is 6.04. The van der Waals surface area contributed by atoms with E-state index in [4.69, 9.17) is 5.73 Å². The average molecular weight is 289 g/mol. The van der Waals surface area contributed by atoms with Crippen molar-refractivity contribution in [2.24, 2.45) is 0 Å². The summed E-state index contributed by atoms with van der Waals surface area (Å²) < 4.78 is 1.66. The number of benzene rings is 1. The summed E-state index contributed by atoms with van der Waals surface area (Å²) in [6.07, 6.45) is 1.58. The maximum Gasteiger partial charge on any atom is 0.292 e. The van der Waals surface area contributed by atoms with Crippen LogP contribution in [0.4, 0.5) is 17.2 Å². The smallest absolute Gasteiger partial charge is 0.292 e. The Morgan fingerprint density at radius 3 is 2.71 bits per heavy atom. The third kappa shape index (κ3) is 2.99. The SMILES string of the molecule is CC(C)n1nccc1NC(=O)c1ccc([N+](=O)[O-])c(N)c1. The van der Waals surface area contributed by atoms with Crippen molar-refractivity contribution in [1.82, 2.24) is 9.78 Å². The minimum atomic E-state index is -0.592. The minimum absolute atomic E-state index is 0.0509. The molecule has 1 amide bonds. The molecule has 2 rings (SSSR count). The highest BCUT2D eigenvalue weighted by atomic mass is 16.6. The highest BCUT2D eigenvalue weighted by Gasteiger charge is 2.16. The van der Waals surface area contributed by atoms with Crippen LogP contribution >= 0.6 is 0 Å². The molecule has 0 saturated carbocycles. The second-order valence-corrected chi connectivity index (χ2v) is 4.74. The van der Waals surface area contributed by atoms with Crippen LogP contribution in [0.3, 0.4) is 0 Å². The summed E-state index contributed by atoms with van der Waals surface area (Å²) in [6.45, 7) is 3.87. The second-order valence-electron chi connectivity index (χ2n) is 4.74. The summed E-state index contributed by atoms with van der Waals surface area (Å²) in [6, 6.07) is 5.62. The van der Waals surface area contributed by atoms with E-state index in [-0.39, 0.29) is 23.0 Å². The number of aromatic nitrogens is 2. The van der Waals surface area contributed by atoms with Crippen molar-refractivity contribution >= 4 is 23.1 Å².